The first-order valence-electron chi connectivity index (χ1n) is 10.0. The van der Waals surface area contributed by atoms with Gasteiger partial charge in [0.15, 0.2) is 11.6 Å². The van der Waals surface area contributed by atoms with Crippen molar-refractivity contribution in [3.63, 3.8) is 0 Å². The Hall–Kier alpha value is -3.36. The lowest BCUT2D eigenvalue weighted by Gasteiger charge is -2.19. The summed E-state index contributed by atoms with van der Waals surface area (Å²) in [5, 5.41) is 0.400. The number of methoxy groups -OCH3 is 1. The number of carbonyl (C=O) groups is 2. The molecule has 3 aromatic rings. The van der Waals surface area contributed by atoms with Gasteiger partial charge in [-0.05, 0) is 63.6 Å². The third kappa shape index (κ3) is 5.02. The first kappa shape index (κ1) is 24.3. The number of nitrogens with zero attached hydrogens (tertiary/aromatic N) is 1. The second-order valence-electron chi connectivity index (χ2n) is 8.55. The fourth-order valence-corrected chi connectivity index (χ4v) is 3.57. The predicted molar refractivity (Wildman–Crippen MR) is 114 cm³/mol. The predicted octanol–water partition coefficient (Wildman–Crippen LogP) is 5.69. The van der Waals surface area contributed by atoms with Crippen molar-refractivity contribution in [2.24, 2.45) is 0 Å². The molecular weight excluding hydrogens is 442 g/mol. The summed E-state index contributed by atoms with van der Waals surface area (Å²) in [7, 11) is 1.29. The Balaban J connectivity index is 2.15. The fourth-order valence-electron chi connectivity index (χ4n) is 3.57. The highest BCUT2D eigenvalue weighted by atomic mass is 19.4. The number of carbonyl (C=O) groups excluding carboxylic acids is 2. The maximum Gasteiger partial charge on any atom is 0.416 e. The summed E-state index contributed by atoms with van der Waals surface area (Å²) in [6.07, 6.45) is -4.74. The number of benzene rings is 2. The first-order chi connectivity index (χ1) is 15.2. The number of esters is 1. The van der Waals surface area contributed by atoms with Gasteiger partial charge < -0.3 is 9.47 Å². The van der Waals surface area contributed by atoms with Crippen LogP contribution in [0.5, 0.6) is 5.75 Å². The van der Waals surface area contributed by atoms with Crippen LogP contribution >= 0.6 is 0 Å². The normalized spacial score (nSPS) is 12.2. The lowest BCUT2D eigenvalue weighted by molar-refractivity contribution is -0.153. The summed E-state index contributed by atoms with van der Waals surface area (Å²) in [4.78, 5) is 25.7. The van der Waals surface area contributed by atoms with Crippen LogP contribution < -0.4 is 4.74 Å². The van der Waals surface area contributed by atoms with Gasteiger partial charge in [0.2, 0.25) is 0 Å². The highest BCUT2D eigenvalue weighted by Gasteiger charge is 2.31. The summed E-state index contributed by atoms with van der Waals surface area (Å²) < 4.78 is 64.8. The van der Waals surface area contributed by atoms with E-state index in [1.165, 1.54) is 17.7 Å². The van der Waals surface area contributed by atoms with Gasteiger partial charge in [-0.15, -0.1) is 0 Å². The minimum Gasteiger partial charge on any atom is -0.494 e. The third-order valence-corrected chi connectivity index (χ3v) is 5.01. The highest BCUT2D eigenvalue weighted by molar-refractivity contribution is 6.05. The maximum absolute atomic E-state index is 14.5. The maximum atomic E-state index is 14.5. The van der Waals surface area contributed by atoms with E-state index in [0.717, 1.165) is 30.3 Å². The average Bonchev–Trinajstić information content (AvgIpc) is 2.95. The summed E-state index contributed by atoms with van der Waals surface area (Å²) in [5.41, 5.74) is -0.721. The Bertz CT molecular complexity index is 1220. The molecule has 33 heavy (non-hydrogen) atoms. The quantitative estimate of drug-likeness (QED) is 0.367. The molecule has 1 heterocycles. The molecule has 2 aromatic carbocycles. The monoisotopic (exact) mass is 465 g/mol. The largest absolute Gasteiger partial charge is 0.494 e. The smallest absolute Gasteiger partial charge is 0.416 e. The summed E-state index contributed by atoms with van der Waals surface area (Å²) in [6, 6.07) is 6.21. The molecule has 0 spiro atoms. The molecule has 0 unspecified atom stereocenters. The Labute approximate surface area is 187 Å². The van der Waals surface area contributed by atoms with Crippen LogP contribution in [0.2, 0.25) is 0 Å². The molecule has 0 aliphatic rings. The van der Waals surface area contributed by atoms with E-state index in [2.05, 4.69) is 0 Å². The molecule has 0 fully saturated rings. The van der Waals surface area contributed by atoms with Crippen LogP contribution in [0, 0.1) is 12.7 Å². The van der Waals surface area contributed by atoms with Crippen LogP contribution in [-0.4, -0.2) is 29.2 Å². The van der Waals surface area contributed by atoms with E-state index in [9.17, 15) is 27.2 Å². The van der Waals surface area contributed by atoms with Crippen molar-refractivity contribution in [3.8, 4) is 5.75 Å². The average molecular weight is 465 g/mol. The first-order valence-corrected chi connectivity index (χ1v) is 10.0. The molecule has 1 aromatic heterocycles. The molecule has 0 radical (unpaired) electrons. The molecule has 0 N–H and O–H groups in total. The molecule has 3 rings (SSSR count). The Morgan fingerprint density at radius 2 is 1.64 bits per heavy atom. The lowest BCUT2D eigenvalue weighted by Crippen LogP contribution is -2.25. The number of aromatic nitrogens is 1. The Kier molecular flexibility index (Phi) is 6.28. The van der Waals surface area contributed by atoms with Crippen LogP contribution in [0.4, 0.5) is 17.6 Å². The van der Waals surface area contributed by atoms with Gasteiger partial charge in [0.05, 0.1) is 24.6 Å². The van der Waals surface area contributed by atoms with Crippen molar-refractivity contribution < 1.29 is 36.6 Å². The van der Waals surface area contributed by atoms with Crippen molar-refractivity contribution in [2.45, 2.75) is 45.9 Å². The topological polar surface area (TPSA) is 57.5 Å². The number of ether oxygens (including phenoxy) is 2. The van der Waals surface area contributed by atoms with Crippen molar-refractivity contribution >= 4 is 22.8 Å². The molecule has 0 saturated carbocycles. The van der Waals surface area contributed by atoms with Gasteiger partial charge in [0.25, 0.3) is 5.91 Å². The number of rotatable bonds is 4. The van der Waals surface area contributed by atoms with Crippen molar-refractivity contribution in [1.82, 2.24) is 4.57 Å². The van der Waals surface area contributed by atoms with E-state index in [0.29, 0.717) is 16.6 Å². The van der Waals surface area contributed by atoms with Crippen LogP contribution in [0.15, 0.2) is 36.4 Å². The molecule has 5 nitrogen and oxygen atoms in total. The Morgan fingerprint density at radius 1 is 1.03 bits per heavy atom. The lowest BCUT2D eigenvalue weighted by atomic mass is 10.1. The van der Waals surface area contributed by atoms with E-state index < -0.39 is 35.0 Å². The molecular formula is C24H23F4NO4. The number of halogens is 4. The summed E-state index contributed by atoms with van der Waals surface area (Å²) in [6.45, 7) is 6.72. The zero-order chi connectivity index (χ0) is 24.7. The molecule has 0 amide bonds. The van der Waals surface area contributed by atoms with Gasteiger partial charge in [0.1, 0.15) is 5.60 Å². The Morgan fingerprint density at radius 3 is 2.15 bits per heavy atom. The van der Waals surface area contributed by atoms with E-state index in [1.54, 1.807) is 27.7 Å². The minimum atomic E-state index is -4.54. The number of hydrogen-bond donors (Lipinski definition) is 0. The van der Waals surface area contributed by atoms with E-state index in [4.69, 9.17) is 9.47 Å². The second kappa shape index (κ2) is 8.53. The van der Waals surface area contributed by atoms with E-state index >= 15 is 0 Å². The van der Waals surface area contributed by atoms with Crippen molar-refractivity contribution in [2.75, 3.05) is 7.11 Å². The van der Waals surface area contributed by atoms with Gasteiger partial charge in [-0.1, -0.05) is 0 Å². The van der Waals surface area contributed by atoms with Gasteiger partial charge in [-0.25, -0.2) is 4.39 Å². The minimum absolute atomic E-state index is 0.0250. The summed E-state index contributed by atoms with van der Waals surface area (Å²) in [5.74, 6) is -2.01. The molecule has 0 saturated heterocycles. The van der Waals surface area contributed by atoms with Crippen LogP contribution in [0.1, 0.15) is 48.0 Å². The van der Waals surface area contributed by atoms with Crippen LogP contribution in [0.25, 0.3) is 10.9 Å². The van der Waals surface area contributed by atoms with Gasteiger partial charge >= 0.3 is 12.1 Å². The van der Waals surface area contributed by atoms with Crippen molar-refractivity contribution in [1.29, 1.82) is 0 Å². The highest BCUT2D eigenvalue weighted by Crippen LogP contribution is 2.34. The second-order valence-corrected chi connectivity index (χ2v) is 8.55. The van der Waals surface area contributed by atoms with Crippen LogP contribution in [-0.2, 0) is 22.1 Å². The fraction of sp³-hybridized carbons (Fsp3) is 0.333. The standard InChI is InChI=1S/C24H23F4NO4/c1-13-16(11-21(30)33-23(2,3)4)17-10-20(32-5)18(25)12-19(17)29(13)22(31)14-6-8-15(9-7-14)24(26,27)28/h6-10,12H,11H2,1-5H3. The van der Waals surface area contributed by atoms with Gasteiger partial charge in [0, 0.05) is 22.7 Å². The zero-order valence-electron chi connectivity index (χ0n) is 18.8. The van der Waals surface area contributed by atoms with E-state index in [-0.39, 0.29) is 23.3 Å². The van der Waals surface area contributed by atoms with Crippen molar-refractivity contribution in [3.05, 3.63) is 64.6 Å². The number of fused-ring (bicyclic) bond motifs is 1. The zero-order valence-corrected chi connectivity index (χ0v) is 18.8. The van der Waals surface area contributed by atoms with Crippen LogP contribution in [0.3, 0.4) is 0 Å². The summed E-state index contributed by atoms with van der Waals surface area (Å²) >= 11 is 0. The number of alkyl halides is 3. The van der Waals surface area contributed by atoms with E-state index in [1.807, 2.05) is 0 Å². The number of hydrogen-bond acceptors (Lipinski definition) is 4. The SMILES string of the molecule is COc1cc2c(CC(=O)OC(C)(C)C)c(C)n(C(=O)c3ccc(C(F)(F)F)cc3)c2cc1F. The third-order valence-electron chi connectivity index (χ3n) is 5.01. The molecule has 9 heteroatoms. The molecule has 0 aliphatic carbocycles. The van der Waals surface area contributed by atoms with Gasteiger partial charge in [-0.3, -0.25) is 14.2 Å². The molecule has 0 aliphatic heterocycles. The molecule has 0 bridgehead atoms. The molecule has 176 valence electrons. The van der Waals surface area contributed by atoms with Gasteiger partial charge in [-0.2, -0.15) is 13.2 Å². The molecule has 0 atom stereocenters.